The van der Waals surface area contributed by atoms with Crippen molar-refractivity contribution in [2.45, 2.75) is 51.6 Å². The Hall–Kier alpha value is -1.42. The van der Waals surface area contributed by atoms with E-state index in [-0.39, 0.29) is 17.8 Å². The maximum atomic E-state index is 13.6. The van der Waals surface area contributed by atoms with Gasteiger partial charge in [-0.2, -0.15) is 0 Å². The lowest BCUT2D eigenvalue weighted by molar-refractivity contribution is -0.128. The monoisotopic (exact) mass is 278 g/mol. The molecule has 0 bridgehead atoms. The van der Waals surface area contributed by atoms with Gasteiger partial charge < -0.3 is 10.6 Å². The van der Waals surface area contributed by atoms with E-state index in [1.54, 1.807) is 13.0 Å². The van der Waals surface area contributed by atoms with Crippen LogP contribution in [-0.4, -0.2) is 18.0 Å². The molecule has 2 rings (SSSR count). The topological polar surface area (TPSA) is 41.1 Å². The third-order valence-corrected chi connectivity index (χ3v) is 4.16. The van der Waals surface area contributed by atoms with Gasteiger partial charge in [0.1, 0.15) is 5.82 Å². The summed E-state index contributed by atoms with van der Waals surface area (Å²) in [7, 11) is 0. The van der Waals surface area contributed by atoms with Crippen molar-refractivity contribution < 1.29 is 9.18 Å². The molecule has 1 aliphatic heterocycles. The van der Waals surface area contributed by atoms with Gasteiger partial charge in [0.05, 0.1) is 11.6 Å². The van der Waals surface area contributed by atoms with Crippen LogP contribution in [0.25, 0.3) is 0 Å². The Kier molecular flexibility index (Phi) is 4.43. The average molecular weight is 278 g/mol. The molecule has 1 saturated heterocycles. The van der Waals surface area contributed by atoms with Crippen molar-refractivity contribution >= 4 is 5.91 Å². The first kappa shape index (κ1) is 15.0. The fraction of sp³-hybridized carbons (Fsp3) is 0.562. The number of hydrogen-bond acceptors (Lipinski definition) is 2. The van der Waals surface area contributed by atoms with Gasteiger partial charge in [-0.05, 0) is 63.8 Å². The summed E-state index contributed by atoms with van der Waals surface area (Å²) in [5.74, 6) is -0.240. The minimum absolute atomic E-state index is 0.00863. The molecule has 1 aromatic rings. The normalized spacial score (nSPS) is 24.2. The second-order valence-corrected chi connectivity index (χ2v) is 5.92. The number of hydrogen-bond donors (Lipinski definition) is 2. The summed E-state index contributed by atoms with van der Waals surface area (Å²) in [5, 5.41) is 6.27. The van der Waals surface area contributed by atoms with Crippen LogP contribution in [0.1, 0.15) is 50.3 Å². The minimum Gasteiger partial charge on any atom is -0.348 e. The maximum Gasteiger partial charge on any atom is 0.240 e. The Balaban J connectivity index is 2.04. The Morgan fingerprint density at radius 3 is 2.80 bits per heavy atom. The van der Waals surface area contributed by atoms with Crippen LogP contribution in [0.5, 0.6) is 0 Å². The molecule has 1 aromatic carbocycles. The van der Waals surface area contributed by atoms with Crippen molar-refractivity contribution in [3.63, 3.8) is 0 Å². The summed E-state index contributed by atoms with van der Waals surface area (Å²) in [5.41, 5.74) is 0.907. The van der Waals surface area contributed by atoms with Crippen molar-refractivity contribution in [3.8, 4) is 0 Å². The fourth-order valence-corrected chi connectivity index (χ4v) is 2.57. The zero-order valence-electron chi connectivity index (χ0n) is 12.4. The molecule has 1 aliphatic rings. The van der Waals surface area contributed by atoms with E-state index in [4.69, 9.17) is 0 Å². The third kappa shape index (κ3) is 3.18. The SMILES string of the molecule is Cc1ccc(C(C)NC(=O)C2(C)CCCCN2)cc1F. The lowest BCUT2D eigenvalue weighted by Gasteiger charge is -2.34. The number of carbonyl (C=O) groups excluding carboxylic acids is 1. The predicted octanol–water partition coefficient (Wildman–Crippen LogP) is 2.84. The summed E-state index contributed by atoms with van der Waals surface area (Å²) in [4.78, 5) is 12.4. The Bertz CT molecular complexity index is 495. The van der Waals surface area contributed by atoms with Gasteiger partial charge in [0.15, 0.2) is 0 Å². The van der Waals surface area contributed by atoms with Crippen LogP contribution in [0.3, 0.4) is 0 Å². The Morgan fingerprint density at radius 1 is 1.45 bits per heavy atom. The first-order valence-electron chi connectivity index (χ1n) is 7.24. The summed E-state index contributed by atoms with van der Waals surface area (Å²) in [6, 6.07) is 4.91. The van der Waals surface area contributed by atoms with Crippen molar-refractivity contribution in [3.05, 3.63) is 35.1 Å². The molecular formula is C16H23FN2O. The van der Waals surface area contributed by atoms with Crippen molar-refractivity contribution in [2.24, 2.45) is 0 Å². The molecule has 3 nitrogen and oxygen atoms in total. The van der Waals surface area contributed by atoms with Crippen LogP contribution >= 0.6 is 0 Å². The van der Waals surface area contributed by atoms with Gasteiger partial charge >= 0.3 is 0 Å². The molecule has 20 heavy (non-hydrogen) atoms. The number of carbonyl (C=O) groups is 1. The van der Waals surface area contributed by atoms with E-state index in [1.165, 1.54) is 6.07 Å². The lowest BCUT2D eigenvalue weighted by atomic mass is 9.89. The first-order chi connectivity index (χ1) is 9.42. The number of halogens is 1. The smallest absolute Gasteiger partial charge is 0.240 e. The molecule has 110 valence electrons. The quantitative estimate of drug-likeness (QED) is 0.892. The summed E-state index contributed by atoms with van der Waals surface area (Å²) >= 11 is 0. The molecule has 1 heterocycles. The molecule has 0 radical (unpaired) electrons. The van der Waals surface area contributed by atoms with Gasteiger partial charge in [-0.25, -0.2) is 4.39 Å². The van der Waals surface area contributed by atoms with Gasteiger partial charge in [-0.15, -0.1) is 0 Å². The summed E-state index contributed by atoms with van der Waals surface area (Å²) in [6.45, 7) is 6.42. The van der Waals surface area contributed by atoms with Crippen LogP contribution in [0.2, 0.25) is 0 Å². The van der Waals surface area contributed by atoms with Crippen molar-refractivity contribution in [2.75, 3.05) is 6.54 Å². The zero-order chi connectivity index (χ0) is 14.8. The molecule has 0 aromatic heterocycles. The standard InChI is InChI=1S/C16H23FN2O/c1-11-6-7-13(10-14(11)17)12(2)19-15(20)16(3)8-4-5-9-18-16/h6-7,10,12,18H,4-5,8-9H2,1-3H3,(H,19,20). The van der Waals surface area contributed by atoms with E-state index >= 15 is 0 Å². The Morgan fingerprint density at radius 2 is 2.20 bits per heavy atom. The van der Waals surface area contributed by atoms with Gasteiger partial charge in [-0.3, -0.25) is 4.79 Å². The highest BCUT2D eigenvalue weighted by Crippen LogP contribution is 2.21. The largest absolute Gasteiger partial charge is 0.348 e. The highest BCUT2D eigenvalue weighted by molar-refractivity contribution is 5.86. The second-order valence-electron chi connectivity index (χ2n) is 5.92. The second kappa shape index (κ2) is 5.92. The highest BCUT2D eigenvalue weighted by atomic mass is 19.1. The van der Waals surface area contributed by atoms with Gasteiger partial charge in [0, 0.05) is 0 Å². The fourth-order valence-electron chi connectivity index (χ4n) is 2.57. The Labute approximate surface area is 120 Å². The molecule has 2 unspecified atom stereocenters. The number of aryl methyl sites for hydroxylation is 1. The number of nitrogens with one attached hydrogen (secondary N) is 2. The van der Waals surface area contributed by atoms with Crippen molar-refractivity contribution in [1.82, 2.24) is 10.6 Å². The van der Waals surface area contributed by atoms with Crippen LogP contribution < -0.4 is 10.6 Å². The van der Waals surface area contributed by atoms with Crippen LogP contribution in [0, 0.1) is 12.7 Å². The van der Waals surface area contributed by atoms with Gasteiger partial charge in [-0.1, -0.05) is 12.1 Å². The minimum atomic E-state index is -0.504. The predicted molar refractivity (Wildman–Crippen MR) is 78.0 cm³/mol. The zero-order valence-corrected chi connectivity index (χ0v) is 12.4. The molecule has 0 saturated carbocycles. The summed E-state index contributed by atoms with van der Waals surface area (Å²) < 4.78 is 13.6. The number of benzene rings is 1. The number of rotatable bonds is 3. The molecule has 4 heteroatoms. The number of piperidine rings is 1. The van der Waals surface area contributed by atoms with Crippen LogP contribution in [-0.2, 0) is 4.79 Å². The maximum absolute atomic E-state index is 13.6. The first-order valence-corrected chi connectivity index (χ1v) is 7.24. The van der Waals surface area contributed by atoms with Gasteiger partial charge in [0.2, 0.25) is 5.91 Å². The molecule has 1 amide bonds. The molecule has 0 spiro atoms. The van der Waals surface area contributed by atoms with E-state index in [9.17, 15) is 9.18 Å². The highest BCUT2D eigenvalue weighted by Gasteiger charge is 2.34. The molecule has 2 atom stereocenters. The van der Waals surface area contributed by atoms with E-state index in [0.29, 0.717) is 5.56 Å². The van der Waals surface area contributed by atoms with E-state index < -0.39 is 5.54 Å². The molecule has 0 aliphatic carbocycles. The summed E-state index contributed by atoms with van der Waals surface area (Å²) in [6.07, 6.45) is 3.01. The van der Waals surface area contributed by atoms with E-state index in [2.05, 4.69) is 10.6 Å². The van der Waals surface area contributed by atoms with Crippen molar-refractivity contribution in [1.29, 1.82) is 0 Å². The third-order valence-electron chi connectivity index (χ3n) is 4.16. The number of amides is 1. The molecule has 1 fully saturated rings. The molecule has 2 N–H and O–H groups in total. The van der Waals surface area contributed by atoms with E-state index in [1.807, 2.05) is 19.9 Å². The molecular weight excluding hydrogens is 255 g/mol. The van der Waals surface area contributed by atoms with E-state index in [0.717, 1.165) is 31.4 Å². The lowest BCUT2D eigenvalue weighted by Crippen LogP contribution is -2.57. The van der Waals surface area contributed by atoms with Crippen LogP contribution in [0.15, 0.2) is 18.2 Å². The average Bonchev–Trinajstić information content (AvgIpc) is 2.42. The van der Waals surface area contributed by atoms with Gasteiger partial charge in [0.25, 0.3) is 0 Å². The van der Waals surface area contributed by atoms with Crippen LogP contribution in [0.4, 0.5) is 4.39 Å².